The fraction of sp³-hybridized carbons (Fsp3) is 0.308. The second-order valence-electron chi connectivity index (χ2n) is 4.37. The van der Waals surface area contributed by atoms with Gasteiger partial charge < -0.3 is 5.11 Å². The van der Waals surface area contributed by atoms with Crippen LogP contribution in [0.15, 0.2) is 18.2 Å². The van der Waals surface area contributed by atoms with E-state index in [1.165, 1.54) is 18.2 Å². The molecule has 0 saturated carbocycles. The molecule has 0 aliphatic rings. The van der Waals surface area contributed by atoms with E-state index in [4.69, 9.17) is 23.2 Å². The number of rotatable bonds is 3. The number of hydrogen-bond donors (Lipinski definition) is 1. The Bertz CT molecular complexity index is 613. The molecule has 0 amide bonds. The summed E-state index contributed by atoms with van der Waals surface area (Å²) in [6.45, 7) is 1.82. The molecule has 1 atom stereocenters. The molecular weight excluding hydrogens is 290 g/mol. The zero-order chi connectivity index (χ0) is 14.2. The minimum atomic E-state index is -0.807. The molecule has 1 aromatic heterocycles. The van der Waals surface area contributed by atoms with Crippen molar-refractivity contribution in [2.24, 2.45) is 7.05 Å². The number of aliphatic hydroxyl groups excluding tert-OH is 1. The van der Waals surface area contributed by atoms with E-state index in [2.05, 4.69) is 5.10 Å². The van der Waals surface area contributed by atoms with Crippen LogP contribution >= 0.6 is 23.2 Å². The van der Waals surface area contributed by atoms with Gasteiger partial charge in [-0.2, -0.15) is 5.10 Å². The molecule has 0 fully saturated rings. The molecule has 0 aliphatic carbocycles. The van der Waals surface area contributed by atoms with Crippen molar-refractivity contribution in [3.8, 4) is 0 Å². The summed E-state index contributed by atoms with van der Waals surface area (Å²) in [4.78, 5) is 0. The van der Waals surface area contributed by atoms with E-state index in [-0.39, 0.29) is 5.02 Å². The van der Waals surface area contributed by atoms with E-state index in [0.29, 0.717) is 17.1 Å². The molecule has 0 aliphatic heterocycles. The Morgan fingerprint density at radius 1 is 1.42 bits per heavy atom. The van der Waals surface area contributed by atoms with Crippen LogP contribution in [0.3, 0.4) is 0 Å². The third-order valence-corrected chi connectivity index (χ3v) is 3.76. The quantitative estimate of drug-likeness (QED) is 0.943. The summed E-state index contributed by atoms with van der Waals surface area (Å²) in [5, 5.41) is 14.8. The third kappa shape index (κ3) is 2.91. The Balaban J connectivity index is 2.25. The van der Waals surface area contributed by atoms with Gasteiger partial charge in [0.15, 0.2) is 0 Å². The number of nitrogens with zero attached hydrogens (tertiary/aromatic N) is 2. The second-order valence-corrected chi connectivity index (χ2v) is 5.14. The average molecular weight is 303 g/mol. The van der Waals surface area contributed by atoms with Crippen LogP contribution in [-0.4, -0.2) is 14.9 Å². The molecule has 0 bridgehead atoms. The molecular formula is C13H13Cl2FN2O. The van der Waals surface area contributed by atoms with Crippen LogP contribution in [0.25, 0.3) is 0 Å². The fourth-order valence-corrected chi connectivity index (χ4v) is 2.38. The molecule has 1 unspecified atom stereocenters. The van der Waals surface area contributed by atoms with E-state index in [1.54, 1.807) is 11.7 Å². The lowest BCUT2D eigenvalue weighted by atomic mass is 10.0. The third-order valence-electron chi connectivity index (χ3n) is 3.00. The first-order valence-corrected chi connectivity index (χ1v) is 6.46. The maximum absolute atomic E-state index is 13.1. The molecule has 6 heteroatoms. The lowest BCUT2D eigenvalue weighted by molar-refractivity contribution is 0.178. The van der Waals surface area contributed by atoms with Crippen LogP contribution in [0, 0.1) is 12.7 Å². The van der Waals surface area contributed by atoms with Crippen molar-refractivity contribution in [3.05, 3.63) is 51.0 Å². The fourth-order valence-electron chi connectivity index (χ4n) is 1.94. The van der Waals surface area contributed by atoms with Gasteiger partial charge in [-0.15, -0.1) is 0 Å². The van der Waals surface area contributed by atoms with Crippen molar-refractivity contribution in [1.82, 2.24) is 9.78 Å². The molecule has 0 spiro atoms. The zero-order valence-electron chi connectivity index (χ0n) is 10.5. The van der Waals surface area contributed by atoms with Crippen LogP contribution in [0.5, 0.6) is 0 Å². The first-order chi connectivity index (χ1) is 8.90. The van der Waals surface area contributed by atoms with Gasteiger partial charge in [-0.25, -0.2) is 4.39 Å². The summed E-state index contributed by atoms with van der Waals surface area (Å²) >= 11 is 11.8. The van der Waals surface area contributed by atoms with Gasteiger partial charge in [-0.1, -0.05) is 29.3 Å². The van der Waals surface area contributed by atoms with Crippen molar-refractivity contribution < 1.29 is 9.50 Å². The topological polar surface area (TPSA) is 38.0 Å². The number of benzene rings is 1. The van der Waals surface area contributed by atoms with Gasteiger partial charge in [0.25, 0.3) is 0 Å². The van der Waals surface area contributed by atoms with Gasteiger partial charge in [-0.3, -0.25) is 4.68 Å². The Kier molecular flexibility index (Phi) is 4.13. The molecule has 102 valence electrons. The standard InChI is InChI=1S/C13H13Cl2FN2O/c1-7-9(13(15)18(2)17-7)6-12(19)8-3-4-11(16)10(14)5-8/h3-5,12,19H,6H2,1-2H3. The lowest BCUT2D eigenvalue weighted by Crippen LogP contribution is -2.03. The van der Waals surface area contributed by atoms with E-state index in [9.17, 15) is 9.50 Å². The van der Waals surface area contributed by atoms with E-state index < -0.39 is 11.9 Å². The van der Waals surface area contributed by atoms with Crippen LogP contribution in [0.4, 0.5) is 4.39 Å². The first-order valence-electron chi connectivity index (χ1n) is 5.71. The molecule has 0 radical (unpaired) electrons. The number of aryl methyl sites for hydroxylation is 2. The number of hydrogen-bond acceptors (Lipinski definition) is 2. The van der Waals surface area contributed by atoms with Crippen molar-refractivity contribution in [2.45, 2.75) is 19.4 Å². The normalized spacial score (nSPS) is 12.7. The second kappa shape index (κ2) is 5.49. The molecule has 2 aromatic rings. The summed E-state index contributed by atoms with van der Waals surface area (Å²) in [5.41, 5.74) is 2.09. The Morgan fingerprint density at radius 3 is 2.63 bits per heavy atom. The highest BCUT2D eigenvalue weighted by atomic mass is 35.5. The number of halogens is 3. The van der Waals surface area contributed by atoms with Crippen LogP contribution in [-0.2, 0) is 13.5 Å². The summed E-state index contributed by atoms with van der Waals surface area (Å²) in [6.07, 6.45) is -0.501. The SMILES string of the molecule is Cc1nn(C)c(Cl)c1CC(O)c1ccc(F)c(Cl)c1. The van der Waals surface area contributed by atoms with Crippen molar-refractivity contribution in [2.75, 3.05) is 0 Å². The summed E-state index contributed by atoms with van der Waals surface area (Å²) < 4.78 is 14.6. The van der Waals surface area contributed by atoms with E-state index in [0.717, 1.165) is 11.3 Å². The van der Waals surface area contributed by atoms with E-state index >= 15 is 0 Å². The summed E-state index contributed by atoms with van der Waals surface area (Å²) in [7, 11) is 1.74. The summed E-state index contributed by atoms with van der Waals surface area (Å²) in [5.74, 6) is -0.506. The van der Waals surface area contributed by atoms with Crippen molar-refractivity contribution in [1.29, 1.82) is 0 Å². The van der Waals surface area contributed by atoms with Crippen LogP contribution < -0.4 is 0 Å². The monoisotopic (exact) mass is 302 g/mol. The zero-order valence-corrected chi connectivity index (χ0v) is 12.0. The highest BCUT2D eigenvalue weighted by Crippen LogP contribution is 2.27. The average Bonchev–Trinajstić information content (AvgIpc) is 2.59. The van der Waals surface area contributed by atoms with Gasteiger partial charge >= 0.3 is 0 Å². The Morgan fingerprint density at radius 2 is 2.11 bits per heavy atom. The van der Waals surface area contributed by atoms with Gasteiger partial charge in [0.2, 0.25) is 0 Å². The smallest absolute Gasteiger partial charge is 0.141 e. The molecule has 2 rings (SSSR count). The lowest BCUT2D eigenvalue weighted by Gasteiger charge is -2.11. The van der Waals surface area contributed by atoms with Gasteiger partial charge in [0.05, 0.1) is 16.8 Å². The van der Waals surface area contributed by atoms with E-state index in [1.807, 2.05) is 6.92 Å². The highest BCUT2D eigenvalue weighted by molar-refractivity contribution is 6.31. The predicted molar refractivity (Wildman–Crippen MR) is 73.0 cm³/mol. The predicted octanol–water partition coefficient (Wildman–Crippen LogP) is 3.45. The molecule has 1 aromatic carbocycles. The molecule has 3 nitrogen and oxygen atoms in total. The van der Waals surface area contributed by atoms with Crippen molar-refractivity contribution >= 4 is 23.2 Å². The maximum atomic E-state index is 13.1. The van der Waals surface area contributed by atoms with Crippen molar-refractivity contribution in [3.63, 3.8) is 0 Å². The van der Waals surface area contributed by atoms with Gasteiger partial charge in [0.1, 0.15) is 11.0 Å². The number of aromatic nitrogens is 2. The maximum Gasteiger partial charge on any atom is 0.141 e. The van der Waals surface area contributed by atoms with Gasteiger partial charge in [-0.05, 0) is 24.6 Å². The minimum absolute atomic E-state index is 0.00874. The van der Waals surface area contributed by atoms with Crippen LogP contribution in [0.1, 0.15) is 22.9 Å². The van der Waals surface area contributed by atoms with Crippen LogP contribution in [0.2, 0.25) is 10.2 Å². The molecule has 0 saturated heterocycles. The Hall–Kier alpha value is -1.10. The Labute approximate surface area is 120 Å². The minimum Gasteiger partial charge on any atom is -0.388 e. The number of aliphatic hydroxyl groups is 1. The highest BCUT2D eigenvalue weighted by Gasteiger charge is 2.17. The molecule has 1 N–H and O–H groups in total. The largest absolute Gasteiger partial charge is 0.388 e. The molecule has 19 heavy (non-hydrogen) atoms. The van der Waals surface area contributed by atoms with Gasteiger partial charge in [0, 0.05) is 19.0 Å². The molecule has 1 heterocycles. The first kappa shape index (κ1) is 14.3. The summed E-state index contributed by atoms with van der Waals surface area (Å²) in [6, 6.07) is 4.16.